The molecule has 0 radical (unpaired) electrons. The summed E-state index contributed by atoms with van der Waals surface area (Å²) in [4.78, 5) is 13.9. The molecule has 114 valence electrons. The van der Waals surface area contributed by atoms with Crippen LogP contribution in [0, 0.1) is 5.82 Å². The molecule has 0 unspecified atom stereocenters. The first kappa shape index (κ1) is 15.5. The molecule has 0 N–H and O–H groups in total. The van der Waals surface area contributed by atoms with Gasteiger partial charge in [-0.3, -0.25) is 0 Å². The Balaban J connectivity index is 2.06. The summed E-state index contributed by atoms with van der Waals surface area (Å²) < 4.78 is 19.0. The van der Waals surface area contributed by atoms with Crippen LogP contribution < -0.4 is 0 Å². The van der Waals surface area contributed by atoms with Crippen LogP contribution >= 0.6 is 0 Å². The summed E-state index contributed by atoms with van der Waals surface area (Å²) in [6.45, 7) is 6.24. The van der Waals surface area contributed by atoms with E-state index in [-0.39, 0.29) is 18.0 Å². The topological polar surface area (TPSA) is 29.5 Å². The van der Waals surface area contributed by atoms with Gasteiger partial charge < -0.3 is 9.64 Å². The molecular weight excluding hydrogens is 269 g/mol. The van der Waals surface area contributed by atoms with E-state index < -0.39 is 5.60 Å². The van der Waals surface area contributed by atoms with Gasteiger partial charge in [-0.05, 0) is 39.7 Å². The zero-order chi connectivity index (χ0) is 15.5. The van der Waals surface area contributed by atoms with Crippen LogP contribution in [0.1, 0.15) is 39.2 Å². The molecule has 1 aromatic rings. The molecule has 0 aliphatic carbocycles. The first-order valence-electron chi connectivity index (χ1n) is 7.29. The quantitative estimate of drug-likeness (QED) is 0.815. The number of rotatable bonds is 2. The second kappa shape index (κ2) is 6.29. The monoisotopic (exact) mass is 291 g/mol. The zero-order valence-electron chi connectivity index (χ0n) is 12.8. The Labute approximate surface area is 125 Å². The average Bonchev–Trinajstić information content (AvgIpc) is 2.84. The Morgan fingerprint density at radius 2 is 2.10 bits per heavy atom. The fourth-order valence-electron chi connectivity index (χ4n) is 2.36. The minimum atomic E-state index is -0.501. The van der Waals surface area contributed by atoms with Gasteiger partial charge in [-0.1, -0.05) is 30.4 Å². The standard InChI is InChI=1S/C17H22FNO2/c1-17(2,3)21-16(20)19-12-6-8-14(19)11-10-13-7-4-5-9-15(13)18/h4-5,7,9-11,14H,6,8,12H2,1-3H3/b11-10+/t14-/m1/s1. The molecule has 0 saturated carbocycles. The lowest BCUT2D eigenvalue weighted by Gasteiger charge is -2.27. The van der Waals surface area contributed by atoms with Crippen molar-refractivity contribution in [3.8, 4) is 0 Å². The van der Waals surface area contributed by atoms with Gasteiger partial charge in [-0.25, -0.2) is 9.18 Å². The van der Waals surface area contributed by atoms with Crippen molar-refractivity contribution in [1.82, 2.24) is 4.90 Å². The summed E-state index contributed by atoms with van der Waals surface area (Å²) >= 11 is 0. The molecule has 1 amide bonds. The zero-order valence-corrected chi connectivity index (χ0v) is 12.8. The molecule has 1 aliphatic heterocycles. The molecule has 4 heteroatoms. The van der Waals surface area contributed by atoms with E-state index in [9.17, 15) is 9.18 Å². The Hall–Kier alpha value is -1.84. The summed E-state index contributed by atoms with van der Waals surface area (Å²) in [6, 6.07) is 6.58. The highest BCUT2D eigenvalue weighted by molar-refractivity contribution is 5.69. The smallest absolute Gasteiger partial charge is 0.410 e. The van der Waals surface area contributed by atoms with Gasteiger partial charge in [-0.15, -0.1) is 0 Å². The lowest BCUT2D eigenvalue weighted by atomic mass is 10.1. The second-order valence-corrected chi connectivity index (χ2v) is 6.26. The van der Waals surface area contributed by atoms with Gasteiger partial charge in [0.25, 0.3) is 0 Å². The molecule has 2 rings (SSSR count). The number of nitrogens with zero attached hydrogens (tertiary/aromatic N) is 1. The van der Waals surface area contributed by atoms with Crippen LogP contribution in [-0.2, 0) is 4.74 Å². The van der Waals surface area contributed by atoms with Crippen LogP contribution in [0.2, 0.25) is 0 Å². The lowest BCUT2D eigenvalue weighted by molar-refractivity contribution is 0.0256. The molecule has 1 atom stereocenters. The third kappa shape index (κ3) is 4.31. The molecule has 3 nitrogen and oxygen atoms in total. The Bertz CT molecular complexity index is 534. The third-order valence-corrected chi connectivity index (χ3v) is 3.33. The van der Waals surface area contributed by atoms with E-state index >= 15 is 0 Å². The normalized spacial score (nSPS) is 19.2. The number of carbonyl (C=O) groups excluding carboxylic acids is 1. The van der Waals surface area contributed by atoms with Gasteiger partial charge in [0.1, 0.15) is 11.4 Å². The Kier molecular flexibility index (Phi) is 4.66. The van der Waals surface area contributed by atoms with Gasteiger partial charge >= 0.3 is 6.09 Å². The first-order valence-corrected chi connectivity index (χ1v) is 7.29. The van der Waals surface area contributed by atoms with Crippen molar-refractivity contribution >= 4 is 12.2 Å². The number of carbonyl (C=O) groups is 1. The van der Waals surface area contributed by atoms with E-state index in [0.29, 0.717) is 12.1 Å². The number of hydrogen-bond acceptors (Lipinski definition) is 2. The molecule has 1 saturated heterocycles. The number of halogens is 1. The molecule has 0 aromatic heterocycles. The minimum absolute atomic E-state index is 0.0283. The number of amides is 1. The fourth-order valence-corrected chi connectivity index (χ4v) is 2.36. The molecule has 1 aliphatic rings. The van der Waals surface area contributed by atoms with Crippen molar-refractivity contribution in [3.05, 3.63) is 41.7 Å². The number of ether oxygens (including phenoxy) is 1. The molecule has 1 fully saturated rings. The van der Waals surface area contributed by atoms with E-state index in [4.69, 9.17) is 4.74 Å². The molecule has 21 heavy (non-hydrogen) atoms. The predicted molar refractivity (Wildman–Crippen MR) is 81.4 cm³/mol. The third-order valence-electron chi connectivity index (χ3n) is 3.33. The van der Waals surface area contributed by atoms with Crippen LogP contribution in [0.5, 0.6) is 0 Å². The maximum absolute atomic E-state index is 13.6. The Morgan fingerprint density at radius 1 is 1.38 bits per heavy atom. The van der Waals surface area contributed by atoms with Crippen molar-refractivity contribution in [2.45, 2.75) is 45.3 Å². The van der Waals surface area contributed by atoms with Crippen LogP contribution in [0.15, 0.2) is 30.3 Å². The number of likely N-dealkylation sites (tertiary alicyclic amines) is 1. The van der Waals surface area contributed by atoms with Gasteiger partial charge in [0.15, 0.2) is 0 Å². The minimum Gasteiger partial charge on any atom is -0.444 e. The van der Waals surface area contributed by atoms with Crippen molar-refractivity contribution in [2.24, 2.45) is 0 Å². The highest BCUT2D eigenvalue weighted by atomic mass is 19.1. The van der Waals surface area contributed by atoms with E-state index in [1.165, 1.54) is 6.07 Å². The van der Waals surface area contributed by atoms with Gasteiger partial charge in [0.2, 0.25) is 0 Å². The van der Waals surface area contributed by atoms with E-state index in [1.807, 2.05) is 26.8 Å². The van der Waals surface area contributed by atoms with Gasteiger partial charge in [0, 0.05) is 12.1 Å². The number of hydrogen-bond donors (Lipinski definition) is 0. The van der Waals surface area contributed by atoms with Crippen LogP contribution in [0.4, 0.5) is 9.18 Å². The molecule has 0 spiro atoms. The van der Waals surface area contributed by atoms with E-state index in [2.05, 4.69) is 0 Å². The van der Waals surface area contributed by atoms with Crippen LogP contribution in [-0.4, -0.2) is 29.2 Å². The fraction of sp³-hybridized carbons (Fsp3) is 0.471. The summed E-state index contributed by atoms with van der Waals surface area (Å²) in [6.07, 6.45) is 5.14. The van der Waals surface area contributed by atoms with Crippen molar-refractivity contribution in [3.63, 3.8) is 0 Å². The summed E-state index contributed by atoms with van der Waals surface area (Å²) in [7, 11) is 0. The van der Waals surface area contributed by atoms with Crippen molar-refractivity contribution < 1.29 is 13.9 Å². The largest absolute Gasteiger partial charge is 0.444 e. The van der Waals surface area contributed by atoms with Crippen molar-refractivity contribution in [2.75, 3.05) is 6.54 Å². The summed E-state index contributed by atoms with van der Waals surface area (Å²) in [5.74, 6) is -0.254. The molecule has 0 bridgehead atoms. The lowest BCUT2D eigenvalue weighted by Crippen LogP contribution is -2.39. The summed E-state index contributed by atoms with van der Waals surface area (Å²) in [5, 5.41) is 0. The maximum atomic E-state index is 13.6. The molecule has 1 heterocycles. The van der Waals surface area contributed by atoms with E-state index in [0.717, 1.165) is 12.8 Å². The highest BCUT2D eigenvalue weighted by Crippen LogP contribution is 2.22. The highest BCUT2D eigenvalue weighted by Gasteiger charge is 2.30. The van der Waals surface area contributed by atoms with Crippen molar-refractivity contribution in [1.29, 1.82) is 0 Å². The van der Waals surface area contributed by atoms with E-state index in [1.54, 1.807) is 29.2 Å². The van der Waals surface area contributed by atoms with Gasteiger partial charge in [-0.2, -0.15) is 0 Å². The second-order valence-electron chi connectivity index (χ2n) is 6.26. The molecular formula is C17H22FNO2. The first-order chi connectivity index (χ1) is 9.87. The average molecular weight is 291 g/mol. The summed E-state index contributed by atoms with van der Waals surface area (Å²) in [5.41, 5.74) is 0.0352. The van der Waals surface area contributed by atoms with Crippen LogP contribution in [0.25, 0.3) is 6.08 Å². The predicted octanol–water partition coefficient (Wildman–Crippen LogP) is 4.24. The Morgan fingerprint density at radius 3 is 2.76 bits per heavy atom. The number of benzene rings is 1. The molecule has 1 aromatic carbocycles. The SMILES string of the molecule is CC(C)(C)OC(=O)N1CCC[C@@H]1/C=C/c1ccccc1F. The maximum Gasteiger partial charge on any atom is 0.410 e. The van der Waals surface area contributed by atoms with Gasteiger partial charge in [0.05, 0.1) is 6.04 Å². The van der Waals surface area contributed by atoms with Crippen LogP contribution in [0.3, 0.4) is 0 Å².